The van der Waals surface area contributed by atoms with Gasteiger partial charge < -0.3 is 5.48 Å². The lowest BCUT2D eigenvalue weighted by Gasteiger charge is -2.09. The molecular weight excluding hydrogens is 160 g/mol. The van der Waals surface area contributed by atoms with Crippen molar-refractivity contribution in [1.29, 1.82) is 0 Å². The maximum absolute atomic E-state index is 4.01. The minimum Gasteiger partial charge on any atom is -0.412 e. The lowest BCUT2D eigenvalue weighted by atomic mass is 9.96. The highest BCUT2D eigenvalue weighted by Crippen LogP contribution is 2.16. The maximum Gasteiger partial charge on any atom is -0.0196 e. The summed E-state index contributed by atoms with van der Waals surface area (Å²) in [7, 11) is 0. The van der Waals surface area contributed by atoms with E-state index in [-0.39, 0.29) is 5.48 Å². The Bertz CT molecular complexity index is 168. The number of unbranched alkanes of at least 4 members (excludes halogenated alkanes) is 1. The van der Waals surface area contributed by atoms with Crippen molar-refractivity contribution in [1.82, 2.24) is 0 Å². The molecule has 0 bridgehead atoms. The SMILES string of the molecule is C=C/C=C\C(=C)C(C)CCCC.O. The molecule has 13 heavy (non-hydrogen) atoms. The normalized spacial score (nSPS) is 12.2. The van der Waals surface area contributed by atoms with Gasteiger partial charge in [0.2, 0.25) is 0 Å². The van der Waals surface area contributed by atoms with Crippen molar-refractivity contribution in [3.63, 3.8) is 0 Å². The zero-order chi connectivity index (χ0) is 9.40. The Balaban J connectivity index is 0. The van der Waals surface area contributed by atoms with E-state index in [2.05, 4.69) is 27.0 Å². The molecule has 0 aromatic carbocycles. The third kappa shape index (κ3) is 7.54. The average molecular weight is 182 g/mol. The zero-order valence-corrected chi connectivity index (χ0v) is 8.84. The van der Waals surface area contributed by atoms with E-state index in [1.54, 1.807) is 6.08 Å². The molecule has 0 aliphatic carbocycles. The highest BCUT2D eigenvalue weighted by Gasteiger charge is 2.01. The first-order valence-corrected chi connectivity index (χ1v) is 4.70. The van der Waals surface area contributed by atoms with Gasteiger partial charge in [0, 0.05) is 0 Å². The molecular formula is C12H22O. The first-order valence-electron chi connectivity index (χ1n) is 4.70. The summed E-state index contributed by atoms with van der Waals surface area (Å²) >= 11 is 0. The lowest BCUT2D eigenvalue weighted by molar-refractivity contribution is 0.582. The van der Waals surface area contributed by atoms with Crippen molar-refractivity contribution < 1.29 is 5.48 Å². The molecule has 0 spiro atoms. The van der Waals surface area contributed by atoms with Gasteiger partial charge in [-0.2, -0.15) is 0 Å². The van der Waals surface area contributed by atoms with E-state index in [0.717, 1.165) is 0 Å². The Kier molecular flexibility index (Phi) is 10.5. The minimum atomic E-state index is 0. The Labute approximate surface area is 82.2 Å². The second kappa shape index (κ2) is 9.27. The lowest BCUT2D eigenvalue weighted by Crippen LogP contribution is -1.95. The molecule has 1 nitrogen and oxygen atoms in total. The topological polar surface area (TPSA) is 31.5 Å². The van der Waals surface area contributed by atoms with Crippen LogP contribution in [0.1, 0.15) is 33.1 Å². The van der Waals surface area contributed by atoms with Crippen LogP contribution in [0.2, 0.25) is 0 Å². The molecule has 1 atom stereocenters. The summed E-state index contributed by atoms with van der Waals surface area (Å²) in [6, 6.07) is 0. The fourth-order valence-electron chi connectivity index (χ4n) is 1.05. The molecule has 1 unspecified atom stereocenters. The van der Waals surface area contributed by atoms with Crippen LogP contribution in [-0.2, 0) is 0 Å². The fourth-order valence-corrected chi connectivity index (χ4v) is 1.05. The molecule has 0 radical (unpaired) electrons. The van der Waals surface area contributed by atoms with E-state index in [1.807, 2.05) is 12.2 Å². The van der Waals surface area contributed by atoms with Gasteiger partial charge in [-0.15, -0.1) is 0 Å². The summed E-state index contributed by atoms with van der Waals surface area (Å²) in [5.74, 6) is 0.612. The van der Waals surface area contributed by atoms with E-state index < -0.39 is 0 Å². The molecule has 0 saturated carbocycles. The van der Waals surface area contributed by atoms with Gasteiger partial charge in [0.25, 0.3) is 0 Å². The van der Waals surface area contributed by atoms with E-state index in [0.29, 0.717) is 5.92 Å². The predicted molar refractivity (Wildman–Crippen MR) is 60.8 cm³/mol. The predicted octanol–water partition coefficient (Wildman–Crippen LogP) is 3.29. The molecule has 0 fully saturated rings. The molecule has 2 N–H and O–H groups in total. The smallest absolute Gasteiger partial charge is 0.0196 e. The molecule has 0 aliphatic heterocycles. The highest BCUT2D eigenvalue weighted by atomic mass is 16.0. The van der Waals surface area contributed by atoms with Crippen LogP contribution in [0.5, 0.6) is 0 Å². The van der Waals surface area contributed by atoms with Crippen LogP contribution in [0.15, 0.2) is 37.0 Å². The summed E-state index contributed by atoms with van der Waals surface area (Å²) in [4.78, 5) is 0. The van der Waals surface area contributed by atoms with E-state index in [9.17, 15) is 0 Å². The van der Waals surface area contributed by atoms with Gasteiger partial charge in [-0.1, -0.05) is 63.6 Å². The average Bonchev–Trinajstić information content (AvgIpc) is 2.10. The maximum atomic E-state index is 4.01. The van der Waals surface area contributed by atoms with Gasteiger partial charge in [0.1, 0.15) is 0 Å². The van der Waals surface area contributed by atoms with Crippen LogP contribution in [0.4, 0.5) is 0 Å². The van der Waals surface area contributed by atoms with Crippen molar-refractivity contribution in [2.75, 3.05) is 0 Å². The highest BCUT2D eigenvalue weighted by molar-refractivity contribution is 5.20. The third-order valence-corrected chi connectivity index (χ3v) is 2.07. The molecule has 0 heterocycles. The first-order chi connectivity index (χ1) is 5.72. The second-order valence-corrected chi connectivity index (χ2v) is 3.21. The van der Waals surface area contributed by atoms with Crippen LogP contribution < -0.4 is 0 Å². The molecule has 0 aliphatic rings. The molecule has 0 amide bonds. The van der Waals surface area contributed by atoms with Gasteiger partial charge >= 0.3 is 0 Å². The minimum absolute atomic E-state index is 0. The molecule has 1 heteroatoms. The molecule has 0 rings (SSSR count). The Morgan fingerprint density at radius 1 is 1.46 bits per heavy atom. The van der Waals surface area contributed by atoms with Crippen LogP contribution in [0.3, 0.4) is 0 Å². The third-order valence-electron chi connectivity index (χ3n) is 2.07. The van der Waals surface area contributed by atoms with E-state index >= 15 is 0 Å². The number of hydrogen-bond acceptors (Lipinski definition) is 0. The fraction of sp³-hybridized carbons (Fsp3) is 0.500. The monoisotopic (exact) mass is 182 g/mol. The van der Waals surface area contributed by atoms with Gasteiger partial charge in [-0.25, -0.2) is 0 Å². The van der Waals surface area contributed by atoms with Crippen molar-refractivity contribution in [3.05, 3.63) is 37.0 Å². The summed E-state index contributed by atoms with van der Waals surface area (Å²) in [5, 5.41) is 0. The van der Waals surface area contributed by atoms with Gasteiger partial charge in [0.15, 0.2) is 0 Å². The quantitative estimate of drug-likeness (QED) is 0.565. The van der Waals surface area contributed by atoms with Gasteiger partial charge in [0.05, 0.1) is 0 Å². The van der Waals surface area contributed by atoms with Crippen LogP contribution in [0, 0.1) is 5.92 Å². The molecule has 0 saturated heterocycles. The van der Waals surface area contributed by atoms with Crippen molar-refractivity contribution in [3.8, 4) is 0 Å². The van der Waals surface area contributed by atoms with Crippen LogP contribution in [0.25, 0.3) is 0 Å². The Morgan fingerprint density at radius 3 is 2.54 bits per heavy atom. The summed E-state index contributed by atoms with van der Waals surface area (Å²) in [6.07, 6.45) is 9.59. The summed E-state index contributed by atoms with van der Waals surface area (Å²) < 4.78 is 0. The molecule has 0 aromatic heterocycles. The van der Waals surface area contributed by atoms with Crippen molar-refractivity contribution >= 4 is 0 Å². The number of rotatable bonds is 6. The number of allylic oxidation sites excluding steroid dienone is 4. The second-order valence-electron chi connectivity index (χ2n) is 3.21. The van der Waals surface area contributed by atoms with Gasteiger partial charge in [-0.05, 0) is 12.3 Å². The van der Waals surface area contributed by atoms with Crippen molar-refractivity contribution in [2.24, 2.45) is 5.92 Å². The van der Waals surface area contributed by atoms with E-state index in [4.69, 9.17) is 0 Å². The standard InChI is InChI=1S/C12H20.H2O/c1-5-7-9-11(3)12(4)10-8-6-2;/h5,7,9,12H,1,3,6,8,10H2,2,4H3;1H2/b9-7-;. The van der Waals surface area contributed by atoms with Crippen LogP contribution in [-0.4, -0.2) is 5.48 Å². The Morgan fingerprint density at radius 2 is 2.08 bits per heavy atom. The van der Waals surface area contributed by atoms with Crippen LogP contribution >= 0.6 is 0 Å². The summed E-state index contributed by atoms with van der Waals surface area (Å²) in [5.41, 5.74) is 1.21. The summed E-state index contributed by atoms with van der Waals surface area (Å²) in [6.45, 7) is 12.1. The van der Waals surface area contributed by atoms with Crippen molar-refractivity contribution in [2.45, 2.75) is 33.1 Å². The first kappa shape index (κ1) is 14.7. The molecule has 76 valence electrons. The molecule has 0 aromatic rings. The zero-order valence-electron chi connectivity index (χ0n) is 8.84. The van der Waals surface area contributed by atoms with Gasteiger partial charge in [-0.3, -0.25) is 0 Å². The largest absolute Gasteiger partial charge is 0.412 e. The van der Waals surface area contributed by atoms with E-state index in [1.165, 1.54) is 24.8 Å². The Hall–Kier alpha value is -0.820. The number of hydrogen-bond donors (Lipinski definition) is 0.